The fourth-order valence-electron chi connectivity index (χ4n) is 1.35. The molecule has 92 valence electrons. The Hall–Kier alpha value is -2.01. The molecule has 0 saturated heterocycles. The molecular weight excluding hydrogens is 248 g/mol. The standard InChI is InChI=1S/C13H12N2O2S/c1-17-13(16)11-8-7-10(14)12(15-11)18-9-5-3-2-4-6-9/h2-8H,14H2,1H3. The monoisotopic (exact) mass is 260 g/mol. The molecule has 2 aromatic rings. The van der Waals surface area contributed by atoms with E-state index in [1.165, 1.54) is 18.9 Å². The van der Waals surface area contributed by atoms with Gasteiger partial charge < -0.3 is 10.5 Å². The van der Waals surface area contributed by atoms with Gasteiger partial charge in [-0.15, -0.1) is 0 Å². The molecule has 0 aliphatic heterocycles. The summed E-state index contributed by atoms with van der Waals surface area (Å²) in [6.07, 6.45) is 0. The molecule has 2 rings (SSSR count). The summed E-state index contributed by atoms with van der Waals surface area (Å²) < 4.78 is 4.63. The molecule has 0 atom stereocenters. The average Bonchev–Trinajstić information content (AvgIpc) is 2.41. The zero-order chi connectivity index (χ0) is 13.0. The highest BCUT2D eigenvalue weighted by Crippen LogP contribution is 2.30. The lowest BCUT2D eigenvalue weighted by Crippen LogP contribution is -2.05. The highest BCUT2D eigenvalue weighted by Gasteiger charge is 2.11. The summed E-state index contributed by atoms with van der Waals surface area (Å²) in [5, 5.41) is 0.601. The topological polar surface area (TPSA) is 65.2 Å². The van der Waals surface area contributed by atoms with Crippen molar-refractivity contribution in [2.75, 3.05) is 12.8 Å². The Morgan fingerprint density at radius 3 is 2.61 bits per heavy atom. The SMILES string of the molecule is COC(=O)c1ccc(N)c(Sc2ccccc2)n1. The molecule has 0 radical (unpaired) electrons. The molecule has 0 aliphatic rings. The number of hydrogen-bond donors (Lipinski definition) is 1. The molecule has 18 heavy (non-hydrogen) atoms. The number of nitrogens with zero attached hydrogens (tertiary/aromatic N) is 1. The van der Waals surface area contributed by atoms with E-state index in [0.717, 1.165) is 4.90 Å². The van der Waals surface area contributed by atoms with E-state index in [1.807, 2.05) is 30.3 Å². The summed E-state index contributed by atoms with van der Waals surface area (Å²) in [6, 6.07) is 12.9. The van der Waals surface area contributed by atoms with Gasteiger partial charge >= 0.3 is 5.97 Å². The van der Waals surface area contributed by atoms with Gasteiger partial charge in [0.1, 0.15) is 10.7 Å². The summed E-state index contributed by atoms with van der Waals surface area (Å²) >= 11 is 1.41. The Kier molecular flexibility index (Phi) is 3.84. The van der Waals surface area contributed by atoms with Gasteiger partial charge in [-0.2, -0.15) is 0 Å². The minimum atomic E-state index is -0.468. The maximum atomic E-state index is 11.4. The second-order valence-electron chi connectivity index (χ2n) is 3.50. The van der Waals surface area contributed by atoms with Gasteiger partial charge in [-0.3, -0.25) is 0 Å². The second kappa shape index (κ2) is 5.55. The van der Waals surface area contributed by atoms with Crippen molar-refractivity contribution in [3.63, 3.8) is 0 Å². The molecule has 4 nitrogen and oxygen atoms in total. The number of carbonyl (C=O) groups is 1. The molecular formula is C13H12N2O2S. The van der Waals surface area contributed by atoms with E-state index >= 15 is 0 Å². The number of esters is 1. The Balaban J connectivity index is 2.30. The fraction of sp³-hybridized carbons (Fsp3) is 0.0769. The predicted molar refractivity (Wildman–Crippen MR) is 70.6 cm³/mol. The number of nitrogen functional groups attached to an aromatic ring is 1. The van der Waals surface area contributed by atoms with Crippen molar-refractivity contribution in [3.8, 4) is 0 Å². The third-order valence-corrected chi connectivity index (χ3v) is 3.27. The van der Waals surface area contributed by atoms with Crippen molar-refractivity contribution in [1.82, 2.24) is 4.98 Å². The van der Waals surface area contributed by atoms with E-state index in [-0.39, 0.29) is 5.69 Å². The van der Waals surface area contributed by atoms with E-state index in [0.29, 0.717) is 10.7 Å². The lowest BCUT2D eigenvalue weighted by molar-refractivity contribution is 0.0593. The van der Waals surface area contributed by atoms with Crippen LogP contribution < -0.4 is 5.73 Å². The van der Waals surface area contributed by atoms with Crippen LogP contribution >= 0.6 is 11.8 Å². The molecule has 0 aliphatic carbocycles. The third kappa shape index (κ3) is 2.81. The van der Waals surface area contributed by atoms with Crippen LogP contribution in [-0.4, -0.2) is 18.1 Å². The largest absolute Gasteiger partial charge is 0.464 e. The quantitative estimate of drug-likeness (QED) is 0.859. The van der Waals surface area contributed by atoms with Crippen molar-refractivity contribution in [2.24, 2.45) is 0 Å². The minimum Gasteiger partial charge on any atom is -0.464 e. The summed E-state index contributed by atoms with van der Waals surface area (Å²) in [4.78, 5) is 16.6. The zero-order valence-corrected chi connectivity index (χ0v) is 10.6. The van der Waals surface area contributed by atoms with Crippen LogP contribution in [-0.2, 0) is 4.74 Å². The number of pyridine rings is 1. The molecule has 0 bridgehead atoms. The molecule has 1 aromatic heterocycles. The molecule has 0 saturated carbocycles. The number of methoxy groups -OCH3 is 1. The van der Waals surface area contributed by atoms with Gasteiger partial charge in [-0.1, -0.05) is 30.0 Å². The second-order valence-corrected chi connectivity index (χ2v) is 4.56. The zero-order valence-electron chi connectivity index (χ0n) is 9.79. The maximum Gasteiger partial charge on any atom is 0.356 e. The lowest BCUT2D eigenvalue weighted by atomic mass is 10.3. The normalized spacial score (nSPS) is 10.1. The number of rotatable bonds is 3. The maximum absolute atomic E-state index is 11.4. The first kappa shape index (κ1) is 12.4. The van der Waals surface area contributed by atoms with Crippen LogP contribution in [0.25, 0.3) is 0 Å². The van der Waals surface area contributed by atoms with Gasteiger partial charge in [-0.05, 0) is 24.3 Å². The molecule has 1 heterocycles. The van der Waals surface area contributed by atoms with Crippen LogP contribution in [0.4, 0.5) is 5.69 Å². The molecule has 0 fully saturated rings. The molecule has 5 heteroatoms. The highest BCUT2D eigenvalue weighted by molar-refractivity contribution is 7.99. The van der Waals surface area contributed by atoms with Gasteiger partial charge in [0.05, 0.1) is 12.8 Å². The predicted octanol–water partition coefficient (Wildman–Crippen LogP) is 2.60. The van der Waals surface area contributed by atoms with Gasteiger partial charge in [0.25, 0.3) is 0 Å². The molecule has 0 spiro atoms. The Bertz CT molecular complexity index is 558. The van der Waals surface area contributed by atoms with Crippen LogP contribution in [0, 0.1) is 0 Å². The van der Waals surface area contributed by atoms with Crippen molar-refractivity contribution in [1.29, 1.82) is 0 Å². The first-order valence-electron chi connectivity index (χ1n) is 5.28. The molecule has 0 unspecified atom stereocenters. The smallest absolute Gasteiger partial charge is 0.356 e. The number of aromatic nitrogens is 1. The summed E-state index contributed by atoms with van der Waals surface area (Å²) in [5.74, 6) is -0.468. The third-order valence-electron chi connectivity index (χ3n) is 2.24. The molecule has 2 N–H and O–H groups in total. The number of carbonyl (C=O) groups excluding carboxylic acids is 1. The minimum absolute atomic E-state index is 0.255. The number of benzene rings is 1. The van der Waals surface area contributed by atoms with E-state index < -0.39 is 5.97 Å². The van der Waals surface area contributed by atoms with E-state index in [2.05, 4.69) is 9.72 Å². The Morgan fingerprint density at radius 1 is 1.22 bits per heavy atom. The van der Waals surface area contributed by atoms with Gasteiger partial charge in [-0.25, -0.2) is 9.78 Å². The fourth-order valence-corrected chi connectivity index (χ4v) is 2.20. The van der Waals surface area contributed by atoms with Gasteiger partial charge in [0, 0.05) is 4.90 Å². The molecule has 1 aromatic carbocycles. The first-order valence-corrected chi connectivity index (χ1v) is 6.10. The van der Waals surface area contributed by atoms with Crippen molar-refractivity contribution in [2.45, 2.75) is 9.92 Å². The Morgan fingerprint density at radius 2 is 1.94 bits per heavy atom. The van der Waals surface area contributed by atoms with Crippen LogP contribution in [0.15, 0.2) is 52.4 Å². The van der Waals surface area contributed by atoms with E-state index in [9.17, 15) is 4.79 Å². The number of anilines is 1. The van der Waals surface area contributed by atoms with Crippen molar-refractivity contribution < 1.29 is 9.53 Å². The van der Waals surface area contributed by atoms with Crippen LogP contribution in [0.3, 0.4) is 0 Å². The summed E-state index contributed by atoms with van der Waals surface area (Å²) in [5.41, 5.74) is 6.64. The van der Waals surface area contributed by atoms with Crippen LogP contribution in [0.2, 0.25) is 0 Å². The van der Waals surface area contributed by atoms with Crippen molar-refractivity contribution in [3.05, 3.63) is 48.2 Å². The number of hydrogen-bond acceptors (Lipinski definition) is 5. The molecule has 0 amide bonds. The van der Waals surface area contributed by atoms with Crippen LogP contribution in [0.5, 0.6) is 0 Å². The summed E-state index contributed by atoms with van der Waals surface area (Å²) in [7, 11) is 1.32. The number of ether oxygens (including phenoxy) is 1. The Labute approximate surface area is 109 Å². The first-order chi connectivity index (χ1) is 8.70. The van der Waals surface area contributed by atoms with E-state index in [1.54, 1.807) is 12.1 Å². The average molecular weight is 260 g/mol. The van der Waals surface area contributed by atoms with Gasteiger partial charge in [0.15, 0.2) is 0 Å². The van der Waals surface area contributed by atoms with E-state index in [4.69, 9.17) is 5.73 Å². The number of nitrogens with two attached hydrogens (primary N) is 1. The highest BCUT2D eigenvalue weighted by atomic mass is 32.2. The van der Waals surface area contributed by atoms with Crippen molar-refractivity contribution >= 4 is 23.4 Å². The summed E-state index contributed by atoms with van der Waals surface area (Å²) in [6.45, 7) is 0. The lowest BCUT2D eigenvalue weighted by Gasteiger charge is -2.06. The van der Waals surface area contributed by atoms with Gasteiger partial charge in [0.2, 0.25) is 0 Å². The van der Waals surface area contributed by atoms with Crippen LogP contribution in [0.1, 0.15) is 10.5 Å².